The number of carbonyl (C=O) groups excluding carboxylic acids is 2. The van der Waals surface area contributed by atoms with Crippen LogP contribution in [0.2, 0.25) is 0 Å². The van der Waals surface area contributed by atoms with E-state index >= 15 is 0 Å². The van der Waals surface area contributed by atoms with Gasteiger partial charge in [0.05, 0.1) is 25.0 Å². The molecule has 0 aliphatic heterocycles. The largest absolute Gasteiger partial charge is 0.465 e. The third-order valence-corrected chi connectivity index (χ3v) is 2.22. The van der Waals surface area contributed by atoms with Crippen LogP contribution in [0.25, 0.3) is 0 Å². The molecule has 0 aromatic heterocycles. The molecule has 0 radical (unpaired) electrons. The number of carbonyl (C=O) groups is 2. The number of methoxy groups -OCH3 is 1. The molecule has 0 heterocycles. The standard InChI is InChI=1S/C12H13F2NO4/c1-3-19-9(16)6-15-8-5-4-7(12(17)18-2)10(13)11(8)14/h4-5,15H,3,6H2,1-2H3. The Morgan fingerprint density at radius 3 is 2.53 bits per heavy atom. The second kappa shape index (κ2) is 6.67. The summed E-state index contributed by atoms with van der Waals surface area (Å²) in [4.78, 5) is 22.2. The van der Waals surface area contributed by atoms with Crippen LogP contribution < -0.4 is 5.32 Å². The minimum atomic E-state index is -1.33. The maximum atomic E-state index is 13.6. The fourth-order valence-corrected chi connectivity index (χ4v) is 1.33. The summed E-state index contributed by atoms with van der Waals surface area (Å²) in [5.74, 6) is -4.17. The van der Waals surface area contributed by atoms with Gasteiger partial charge in [0.25, 0.3) is 0 Å². The summed E-state index contributed by atoms with van der Waals surface area (Å²) >= 11 is 0. The molecule has 1 aromatic carbocycles. The Hall–Kier alpha value is -2.18. The van der Waals surface area contributed by atoms with E-state index in [4.69, 9.17) is 0 Å². The molecule has 104 valence electrons. The minimum absolute atomic E-state index is 0.193. The number of halogens is 2. The van der Waals surface area contributed by atoms with Crippen LogP contribution in [0.4, 0.5) is 14.5 Å². The SMILES string of the molecule is CCOC(=O)CNc1ccc(C(=O)OC)c(F)c1F. The van der Waals surface area contributed by atoms with Crippen LogP contribution in [0.3, 0.4) is 0 Å². The number of nitrogens with one attached hydrogen (secondary N) is 1. The topological polar surface area (TPSA) is 64.6 Å². The van der Waals surface area contributed by atoms with Crippen molar-refractivity contribution >= 4 is 17.6 Å². The highest BCUT2D eigenvalue weighted by atomic mass is 19.2. The van der Waals surface area contributed by atoms with Crippen LogP contribution >= 0.6 is 0 Å². The fourth-order valence-electron chi connectivity index (χ4n) is 1.33. The summed E-state index contributed by atoms with van der Waals surface area (Å²) in [6.45, 7) is 1.52. The zero-order valence-electron chi connectivity index (χ0n) is 10.5. The first-order valence-electron chi connectivity index (χ1n) is 5.47. The summed E-state index contributed by atoms with van der Waals surface area (Å²) < 4.78 is 36.1. The fraction of sp³-hybridized carbons (Fsp3) is 0.333. The van der Waals surface area contributed by atoms with Gasteiger partial charge in [0.15, 0.2) is 11.6 Å². The van der Waals surface area contributed by atoms with Gasteiger partial charge in [0, 0.05) is 0 Å². The molecule has 0 spiro atoms. The number of esters is 2. The van der Waals surface area contributed by atoms with E-state index in [9.17, 15) is 18.4 Å². The Bertz CT molecular complexity index is 491. The number of rotatable bonds is 5. The van der Waals surface area contributed by atoms with Crippen LogP contribution in [0.1, 0.15) is 17.3 Å². The molecule has 1 rings (SSSR count). The maximum Gasteiger partial charge on any atom is 0.340 e. The number of ether oxygens (including phenoxy) is 2. The van der Waals surface area contributed by atoms with Crippen molar-refractivity contribution in [1.29, 1.82) is 0 Å². The van der Waals surface area contributed by atoms with Gasteiger partial charge >= 0.3 is 11.9 Å². The summed E-state index contributed by atoms with van der Waals surface area (Å²) in [7, 11) is 1.06. The first kappa shape index (κ1) is 14.9. The Kier molecular flexibility index (Phi) is 5.23. The Balaban J connectivity index is 2.85. The number of hydrogen-bond donors (Lipinski definition) is 1. The molecule has 1 N–H and O–H groups in total. The minimum Gasteiger partial charge on any atom is -0.465 e. The lowest BCUT2D eigenvalue weighted by molar-refractivity contribution is -0.140. The molecule has 0 saturated heterocycles. The van der Waals surface area contributed by atoms with E-state index < -0.39 is 29.1 Å². The van der Waals surface area contributed by atoms with Crippen molar-refractivity contribution in [3.05, 3.63) is 29.3 Å². The van der Waals surface area contributed by atoms with Crippen molar-refractivity contribution in [2.75, 3.05) is 25.6 Å². The third-order valence-electron chi connectivity index (χ3n) is 2.22. The molecular weight excluding hydrogens is 260 g/mol. The molecule has 1 aromatic rings. The Morgan fingerprint density at radius 1 is 1.26 bits per heavy atom. The number of hydrogen-bond acceptors (Lipinski definition) is 5. The monoisotopic (exact) mass is 273 g/mol. The number of anilines is 1. The molecule has 0 aliphatic rings. The first-order chi connectivity index (χ1) is 9.01. The van der Waals surface area contributed by atoms with Gasteiger partial charge in [-0.15, -0.1) is 0 Å². The highest BCUT2D eigenvalue weighted by molar-refractivity contribution is 5.90. The zero-order chi connectivity index (χ0) is 14.4. The lowest BCUT2D eigenvalue weighted by Crippen LogP contribution is -2.18. The van der Waals surface area contributed by atoms with E-state index in [1.165, 1.54) is 0 Å². The molecule has 5 nitrogen and oxygen atoms in total. The van der Waals surface area contributed by atoms with Gasteiger partial charge in [0.1, 0.15) is 6.54 Å². The van der Waals surface area contributed by atoms with E-state index in [0.29, 0.717) is 0 Å². The molecule has 0 fully saturated rings. The highest BCUT2D eigenvalue weighted by Crippen LogP contribution is 2.21. The van der Waals surface area contributed by atoms with Crippen molar-refractivity contribution in [3.8, 4) is 0 Å². The normalized spacial score (nSPS) is 9.89. The van der Waals surface area contributed by atoms with Gasteiger partial charge < -0.3 is 14.8 Å². The van der Waals surface area contributed by atoms with Crippen LogP contribution in [-0.2, 0) is 14.3 Å². The average Bonchev–Trinajstić information content (AvgIpc) is 2.40. The molecule has 0 amide bonds. The lowest BCUT2D eigenvalue weighted by Gasteiger charge is -2.09. The second-order valence-electron chi connectivity index (χ2n) is 3.44. The lowest BCUT2D eigenvalue weighted by atomic mass is 10.2. The van der Waals surface area contributed by atoms with Gasteiger partial charge in [-0.25, -0.2) is 13.6 Å². The molecule has 0 unspecified atom stereocenters. The molecule has 7 heteroatoms. The van der Waals surface area contributed by atoms with Crippen molar-refractivity contribution in [2.24, 2.45) is 0 Å². The molecule has 0 saturated carbocycles. The van der Waals surface area contributed by atoms with E-state index in [1.54, 1.807) is 6.92 Å². The summed E-state index contributed by atoms with van der Waals surface area (Å²) in [6, 6.07) is 2.21. The summed E-state index contributed by atoms with van der Waals surface area (Å²) in [5.41, 5.74) is -0.750. The van der Waals surface area contributed by atoms with Crippen molar-refractivity contribution < 1.29 is 27.8 Å². The van der Waals surface area contributed by atoms with E-state index in [-0.39, 0.29) is 18.8 Å². The Labute approximate surface area is 108 Å². The maximum absolute atomic E-state index is 13.6. The molecular formula is C12H13F2NO4. The zero-order valence-corrected chi connectivity index (χ0v) is 10.5. The summed E-state index contributed by atoms with van der Waals surface area (Å²) in [6.07, 6.45) is 0. The van der Waals surface area contributed by atoms with Gasteiger partial charge in [-0.3, -0.25) is 4.79 Å². The van der Waals surface area contributed by atoms with Crippen molar-refractivity contribution in [3.63, 3.8) is 0 Å². The van der Waals surface area contributed by atoms with Crippen LogP contribution in [-0.4, -0.2) is 32.2 Å². The number of benzene rings is 1. The average molecular weight is 273 g/mol. The molecule has 19 heavy (non-hydrogen) atoms. The van der Waals surface area contributed by atoms with Gasteiger partial charge in [-0.05, 0) is 19.1 Å². The molecule has 0 aliphatic carbocycles. The molecule has 0 bridgehead atoms. The second-order valence-corrected chi connectivity index (χ2v) is 3.44. The quantitative estimate of drug-likeness (QED) is 0.828. The van der Waals surface area contributed by atoms with Crippen LogP contribution in [0, 0.1) is 11.6 Å². The van der Waals surface area contributed by atoms with Crippen LogP contribution in [0.15, 0.2) is 12.1 Å². The summed E-state index contributed by atoms with van der Waals surface area (Å²) in [5, 5.41) is 2.38. The predicted molar refractivity (Wildman–Crippen MR) is 62.8 cm³/mol. The van der Waals surface area contributed by atoms with E-state index in [0.717, 1.165) is 19.2 Å². The van der Waals surface area contributed by atoms with E-state index in [2.05, 4.69) is 14.8 Å². The highest BCUT2D eigenvalue weighted by Gasteiger charge is 2.19. The first-order valence-corrected chi connectivity index (χ1v) is 5.47. The Morgan fingerprint density at radius 2 is 1.95 bits per heavy atom. The van der Waals surface area contributed by atoms with Gasteiger partial charge in [-0.1, -0.05) is 0 Å². The van der Waals surface area contributed by atoms with Gasteiger partial charge in [0.2, 0.25) is 0 Å². The van der Waals surface area contributed by atoms with Crippen molar-refractivity contribution in [2.45, 2.75) is 6.92 Å². The third kappa shape index (κ3) is 3.64. The molecule has 0 atom stereocenters. The van der Waals surface area contributed by atoms with Crippen LogP contribution in [0.5, 0.6) is 0 Å². The smallest absolute Gasteiger partial charge is 0.340 e. The predicted octanol–water partition coefficient (Wildman–Crippen LogP) is 1.73. The van der Waals surface area contributed by atoms with Crippen molar-refractivity contribution in [1.82, 2.24) is 0 Å². The van der Waals surface area contributed by atoms with E-state index in [1.807, 2.05) is 0 Å². The van der Waals surface area contributed by atoms with Gasteiger partial charge in [-0.2, -0.15) is 0 Å².